The fourth-order valence-corrected chi connectivity index (χ4v) is 4.96. The predicted molar refractivity (Wildman–Crippen MR) is 169 cm³/mol. The number of hydrogen-bond donors (Lipinski definition) is 4. The molecule has 0 aliphatic carbocycles. The minimum atomic E-state index is -1.24. The van der Waals surface area contributed by atoms with Gasteiger partial charge in [0.15, 0.2) is 0 Å². The van der Waals surface area contributed by atoms with E-state index in [1.54, 1.807) is 43.5 Å². The third kappa shape index (κ3) is 10.3. The molecular weight excluding hydrogens is 576 g/mol. The third-order valence-corrected chi connectivity index (χ3v) is 7.52. The molecule has 0 bridgehead atoms. The van der Waals surface area contributed by atoms with Crippen molar-refractivity contribution in [2.45, 2.75) is 78.0 Å². The first-order valence-electron chi connectivity index (χ1n) is 15.4. The molecule has 1 aliphatic rings. The molecular formula is C33H46N6O6. The molecule has 0 saturated carbocycles. The Bertz CT molecular complexity index is 1330. The number of fused-ring (bicyclic) bond motifs is 1. The number of rotatable bonds is 7. The lowest BCUT2D eigenvalue weighted by Crippen LogP contribution is -2.57. The van der Waals surface area contributed by atoms with Gasteiger partial charge in [-0.1, -0.05) is 45.9 Å². The second-order valence-corrected chi connectivity index (χ2v) is 12.2. The number of nitrogens with zero attached hydrogens (tertiary/aromatic N) is 2. The monoisotopic (exact) mass is 622 g/mol. The molecule has 45 heavy (non-hydrogen) atoms. The number of ether oxygens (including phenoxy) is 1. The van der Waals surface area contributed by atoms with Gasteiger partial charge in [-0.3, -0.25) is 29.0 Å². The summed E-state index contributed by atoms with van der Waals surface area (Å²) in [6.07, 6.45) is 2.05. The second kappa shape index (κ2) is 16.6. The van der Waals surface area contributed by atoms with Gasteiger partial charge in [-0.25, -0.2) is 0 Å². The maximum atomic E-state index is 13.7. The fraction of sp³-hybridized carbons (Fsp3) is 0.515. The van der Waals surface area contributed by atoms with Crippen LogP contribution in [0.4, 0.5) is 0 Å². The van der Waals surface area contributed by atoms with Crippen molar-refractivity contribution in [1.29, 1.82) is 0 Å². The van der Waals surface area contributed by atoms with Gasteiger partial charge in [0.2, 0.25) is 23.6 Å². The third-order valence-electron chi connectivity index (χ3n) is 7.52. The van der Waals surface area contributed by atoms with Gasteiger partial charge in [-0.05, 0) is 49.4 Å². The summed E-state index contributed by atoms with van der Waals surface area (Å²) < 4.78 is 5.92. The van der Waals surface area contributed by atoms with E-state index >= 15 is 0 Å². The lowest BCUT2D eigenvalue weighted by Gasteiger charge is -2.32. The van der Waals surface area contributed by atoms with Gasteiger partial charge in [0, 0.05) is 31.9 Å². The van der Waals surface area contributed by atoms with Crippen LogP contribution in [0.2, 0.25) is 0 Å². The van der Waals surface area contributed by atoms with E-state index in [1.165, 1.54) is 11.9 Å². The van der Waals surface area contributed by atoms with E-state index in [-0.39, 0.29) is 42.2 Å². The van der Waals surface area contributed by atoms with Crippen LogP contribution in [0.25, 0.3) is 0 Å². The van der Waals surface area contributed by atoms with Gasteiger partial charge < -0.3 is 30.9 Å². The lowest BCUT2D eigenvalue weighted by molar-refractivity contribution is -0.142. The highest BCUT2D eigenvalue weighted by molar-refractivity contribution is 6.01. The number of carbonyl (C=O) groups is 5. The van der Waals surface area contributed by atoms with Crippen molar-refractivity contribution in [3.63, 3.8) is 0 Å². The van der Waals surface area contributed by atoms with E-state index in [9.17, 15) is 24.0 Å². The molecule has 3 rings (SSSR count). The maximum absolute atomic E-state index is 13.7. The van der Waals surface area contributed by atoms with Gasteiger partial charge in [-0.2, -0.15) is 0 Å². The van der Waals surface area contributed by atoms with Gasteiger partial charge >= 0.3 is 0 Å². The van der Waals surface area contributed by atoms with Crippen LogP contribution in [0.15, 0.2) is 48.7 Å². The number of para-hydroxylation sites is 1. The summed E-state index contributed by atoms with van der Waals surface area (Å²) in [7, 11) is 1.50. The van der Waals surface area contributed by atoms with Gasteiger partial charge in [0.1, 0.15) is 30.5 Å². The molecule has 4 atom stereocenters. The van der Waals surface area contributed by atoms with Crippen LogP contribution in [0.5, 0.6) is 5.75 Å². The van der Waals surface area contributed by atoms with Crippen LogP contribution < -0.4 is 26.0 Å². The molecule has 2 heterocycles. The highest BCUT2D eigenvalue weighted by atomic mass is 16.5. The number of pyridine rings is 1. The minimum absolute atomic E-state index is 0.0375. The van der Waals surface area contributed by atoms with Gasteiger partial charge in [0.25, 0.3) is 5.91 Å². The van der Waals surface area contributed by atoms with Crippen molar-refractivity contribution < 1.29 is 28.7 Å². The molecule has 12 heteroatoms. The molecule has 0 saturated heterocycles. The van der Waals surface area contributed by atoms with Gasteiger partial charge in [-0.15, -0.1) is 0 Å². The number of carbonyl (C=O) groups excluding carboxylic acids is 5. The Kier molecular flexibility index (Phi) is 12.9. The molecule has 4 N–H and O–H groups in total. The zero-order valence-corrected chi connectivity index (χ0v) is 27.0. The summed E-state index contributed by atoms with van der Waals surface area (Å²) in [6, 6.07) is 8.56. The topological polar surface area (TPSA) is 159 Å². The van der Waals surface area contributed by atoms with Crippen LogP contribution in [0.1, 0.15) is 63.5 Å². The number of benzene rings is 1. The standard InChI is InChI=1S/C33H46N6O6/c1-20(2)17-26-32(43)38-29(21(3)4)33(44)36-22(5)19-45-27-13-8-7-12-24(27)30(41)37-25(18-28(40)39(26)6)31(42)35-16-14-23-11-9-10-15-34-23/h7-13,15,20-22,25-26,29H,14,16-19H2,1-6H3,(H,35,42)(H,36,44)(H,37,41)(H,38,43)/t22-,25-,26-,29+/m0/s1. The normalized spacial score (nSPS) is 22.1. The summed E-state index contributed by atoms with van der Waals surface area (Å²) in [6.45, 7) is 9.54. The Balaban J connectivity index is 1.95. The van der Waals surface area contributed by atoms with Crippen LogP contribution in [0, 0.1) is 11.8 Å². The van der Waals surface area contributed by atoms with Crippen LogP contribution >= 0.6 is 0 Å². The molecule has 12 nitrogen and oxygen atoms in total. The van der Waals surface area contributed by atoms with Crippen molar-refractivity contribution in [3.8, 4) is 5.75 Å². The average Bonchev–Trinajstić information content (AvgIpc) is 3.00. The number of aromatic nitrogens is 1. The molecule has 0 fully saturated rings. The molecule has 0 spiro atoms. The van der Waals surface area contributed by atoms with Crippen molar-refractivity contribution >= 4 is 29.5 Å². The molecule has 0 radical (unpaired) electrons. The quantitative estimate of drug-likeness (QED) is 0.367. The van der Waals surface area contributed by atoms with E-state index in [4.69, 9.17) is 4.74 Å². The van der Waals surface area contributed by atoms with Crippen molar-refractivity contribution in [3.05, 3.63) is 59.9 Å². The number of likely N-dealkylation sites (N-methyl/N-ethyl adjacent to an activating group) is 1. The zero-order valence-electron chi connectivity index (χ0n) is 27.0. The maximum Gasteiger partial charge on any atom is 0.255 e. The predicted octanol–water partition coefficient (Wildman–Crippen LogP) is 1.84. The van der Waals surface area contributed by atoms with Gasteiger partial charge in [0.05, 0.1) is 18.0 Å². The lowest BCUT2D eigenvalue weighted by atomic mass is 9.98. The largest absolute Gasteiger partial charge is 0.491 e. The number of amides is 5. The minimum Gasteiger partial charge on any atom is -0.491 e. The Labute approximate surface area is 265 Å². The Morgan fingerprint density at radius 2 is 1.71 bits per heavy atom. The van der Waals surface area contributed by atoms with Crippen molar-refractivity contribution in [2.24, 2.45) is 11.8 Å². The van der Waals surface area contributed by atoms with Crippen molar-refractivity contribution in [1.82, 2.24) is 31.2 Å². The molecule has 5 amide bonds. The molecule has 244 valence electrons. The first-order chi connectivity index (χ1) is 21.4. The summed E-state index contributed by atoms with van der Waals surface area (Å²) in [5, 5.41) is 11.2. The van der Waals surface area contributed by atoms with Crippen molar-refractivity contribution in [2.75, 3.05) is 20.2 Å². The van der Waals surface area contributed by atoms with E-state index in [0.717, 1.165) is 5.69 Å². The highest BCUT2D eigenvalue weighted by Gasteiger charge is 2.35. The highest BCUT2D eigenvalue weighted by Crippen LogP contribution is 2.20. The number of hydrogen-bond acceptors (Lipinski definition) is 7. The van der Waals surface area contributed by atoms with E-state index < -0.39 is 54.2 Å². The SMILES string of the molecule is CC(C)C[C@H]1C(=O)N[C@H](C(C)C)C(=O)N[C@@H](C)COc2ccccc2C(=O)N[C@H](C(=O)NCCc2ccccn2)CC(=O)N1C. The first kappa shape index (κ1) is 35.0. The smallest absolute Gasteiger partial charge is 0.255 e. The summed E-state index contributed by atoms with van der Waals surface area (Å²) in [5.74, 6) is -2.49. The molecule has 0 unspecified atom stereocenters. The Hall–Kier alpha value is -4.48. The van der Waals surface area contributed by atoms with Crippen LogP contribution in [-0.2, 0) is 25.6 Å². The van der Waals surface area contributed by atoms with E-state index in [2.05, 4.69) is 26.3 Å². The Morgan fingerprint density at radius 1 is 1.00 bits per heavy atom. The van der Waals surface area contributed by atoms with Crippen LogP contribution in [0.3, 0.4) is 0 Å². The first-order valence-corrected chi connectivity index (χ1v) is 15.4. The molecule has 2 aromatic rings. The summed E-state index contributed by atoms with van der Waals surface area (Å²) >= 11 is 0. The van der Waals surface area contributed by atoms with E-state index in [0.29, 0.717) is 12.8 Å². The zero-order chi connectivity index (χ0) is 33.1. The number of nitrogens with one attached hydrogen (secondary N) is 4. The second-order valence-electron chi connectivity index (χ2n) is 12.2. The Morgan fingerprint density at radius 3 is 2.38 bits per heavy atom. The molecule has 1 aromatic carbocycles. The van der Waals surface area contributed by atoms with Crippen LogP contribution in [-0.4, -0.2) is 83.8 Å². The van der Waals surface area contributed by atoms with E-state index in [1.807, 2.05) is 39.8 Å². The summed E-state index contributed by atoms with van der Waals surface area (Å²) in [5.41, 5.74) is 0.948. The molecule has 1 aromatic heterocycles. The molecule has 1 aliphatic heterocycles. The summed E-state index contributed by atoms with van der Waals surface area (Å²) in [4.78, 5) is 73.1. The fourth-order valence-electron chi connectivity index (χ4n) is 4.96. The average molecular weight is 623 g/mol.